The monoisotopic (exact) mass is 564 g/mol. The Hall–Kier alpha value is -3.27. The van der Waals surface area contributed by atoms with Crippen molar-refractivity contribution in [1.82, 2.24) is 4.98 Å². The van der Waals surface area contributed by atoms with Crippen LogP contribution in [0.25, 0.3) is 10.9 Å². The van der Waals surface area contributed by atoms with Crippen LogP contribution in [0, 0.1) is 5.82 Å². The number of benzene rings is 3. The van der Waals surface area contributed by atoms with Gasteiger partial charge in [-0.1, -0.05) is 50.0 Å². The lowest BCUT2D eigenvalue weighted by Crippen LogP contribution is -2.14. The smallest absolute Gasteiger partial charge is 0.307 e. The lowest BCUT2D eigenvalue weighted by atomic mass is 9.92. The molecule has 0 unspecified atom stereocenters. The summed E-state index contributed by atoms with van der Waals surface area (Å²) in [6.07, 6.45) is -0.352. The summed E-state index contributed by atoms with van der Waals surface area (Å²) in [6.45, 7) is 6.00. The van der Waals surface area contributed by atoms with Crippen molar-refractivity contribution in [3.63, 3.8) is 0 Å². The van der Waals surface area contributed by atoms with Gasteiger partial charge in [-0.15, -0.1) is 0 Å². The van der Waals surface area contributed by atoms with Crippen LogP contribution in [-0.2, 0) is 26.7 Å². The lowest BCUT2D eigenvalue weighted by molar-refractivity contribution is -0.136. The van der Waals surface area contributed by atoms with Gasteiger partial charge >= 0.3 is 5.97 Å². The fourth-order valence-corrected chi connectivity index (χ4v) is 5.56. The number of sulfonamides is 1. The number of fused-ring (bicyclic) bond motifs is 1. The number of hydrogen-bond donors (Lipinski definition) is 3. The van der Waals surface area contributed by atoms with Crippen LogP contribution >= 0.6 is 23.2 Å². The highest BCUT2D eigenvalue weighted by Gasteiger charge is 2.25. The number of anilines is 1. The summed E-state index contributed by atoms with van der Waals surface area (Å²) in [5.41, 5.74) is 1.53. The Bertz CT molecular complexity index is 1630. The van der Waals surface area contributed by atoms with Crippen molar-refractivity contribution < 1.29 is 27.4 Å². The highest BCUT2D eigenvalue weighted by atomic mass is 35.5. The molecule has 3 aromatic carbocycles. The van der Waals surface area contributed by atoms with Gasteiger partial charge in [0.05, 0.1) is 11.4 Å². The minimum Gasteiger partial charge on any atom is -0.481 e. The third-order valence-corrected chi connectivity index (χ3v) is 7.63. The van der Waals surface area contributed by atoms with Gasteiger partial charge in [-0.2, -0.15) is 0 Å². The number of carboxylic acid groups (broad SMARTS) is 1. The fraction of sp³-hybridized carbons (Fsp3) is 0.192. The predicted molar refractivity (Wildman–Crippen MR) is 142 cm³/mol. The van der Waals surface area contributed by atoms with Crippen LogP contribution in [0.3, 0.4) is 0 Å². The molecule has 0 saturated carbocycles. The topological polar surface area (TPSA) is 108 Å². The summed E-state index contributed by atoms with van der Waals surface area (Å²) >= 11 is 12.1. The van der Waals surface area contributed by atoms with E-state index in [2.05, 4.69) is 9.71 Å². The molecule has 0 amide bonds. The molecule has 4 aromatic rings. The number of aliphatic carboxylic acids is 1. The number of aromatic nitrogens is 1. The highest BCUT2D eigenvalue weighted by molar-refractivity contribution is 7.92. The van der Waals surface area contributed by atoms with E-state index in [0.29, 0.717) is 10.9 Å². The van der Waals surface area contributed by atoms with Crippen LogP contribution in [0.1, 0.15) is 32.0 Å². The maximum Gasteiger partial charge on any atom is 0.307 e. The van der Waals surface area contributed by atoms with Gasteiger partial charge < -0.3 is 14.8 Å². The minimum atomic E-state index is -4.22. The van der Waals surface area contributed by atoms with Gasteiger partial charge in [0.1, 0.15) is 10.6 Å². The third-order valence-electron chi connectivity index (χ3n) is 5.56. The molecule has 3 N–H and O–H groups in total. The standard InChI is InChI=1S/C26H23Cl2FN2O5S/c1-26(2,3)23-13-16-19(30-23)6-8-21(36-20-7-4-14(10-18(20)29)11-24(32)33)25(16)31-37(34,35)22-9-5-15(27)12-17(22)28/h4-10,12-13,30-31H,11H2,1-3H3,(H,32,33). The first-order valence-electron chi connectivity index (χ1n) is 11.1. The van der Waals surface area contributed by atoms with Crippen LogP contribution in [0.5, 0.6) is 11.5 Å². The number of nitrogens with one attached hydrogen (secondary N) is 2. The molecule has 37 heavy (non-hydrogen) atoms. The second-order valence-electron chi connectivity index (χ2n) is 9.45. The average Bonchev–Trinajstić information content (AvgIpc) is 3.22. The predicted octanol–water partition coefficient (Wildman–Crippen LogP) is 7.13. The van der Waals surface area contributed by atoms with E-state index >= 15 is 0 Å². The summed E-state index contributed by atoms with van der Waals surface area (Å²) in [4.78, 5) is 14.0. The van der Waals surface area contributed by atoms with Crippen molar-refractivity contribution in [3.05, 3.63) is 81.7 Å². The molecule has 11 heteroatoms. The molecule has 0 spiro atoms. The van der Waals surface area contributed by atoms with Crippen LogP contribution in [-0.4, -0.2) is 24.5 Å². The highest BCUT2D eigenvalue weighted by Crippen LogP contribution is 2.40. The van der Waals surface area contributed by atoms with Crippen LogP contribution in [0.2, 0.25) is 10.0 Å². The number of H-pyrrole nitrogens is 1. The molecule has 0 aliphatic rings. The summed E-state index contributed by atoms with van der Waals surface area (Å²) in [5.74, 6) is -2.06. The zero-order chi connectivity index (χ0) is 27.1. The van der Waals surface area contributed by atoms with E-state index < -0.39 is 21.8 Å². The quantitative estimate of drug-likeness (QED) is 0.221. The second kappa shape index (κ2) is 9.89. The Labute approximate surface area is 223 Å². The molecule has 4 rings (SSSR count). The van der Waals surface area contributed by atoms with Gasteiger partial charge in [-0.3, -0.25) is 9.52 Å². The molecule has 194 valence electrons. The molecule has 1 aromatic heterocycles. The maximum atomic E-state index is 14.8. The number of halogens is 3. The number of aromatic amines is 1. The largest absolute Gasteiger partial charge is 0.481 e. The first kappa shape index (κ1) is 26.8. The Morgan fingerprint density at radius 3 is 2.38 bits per heavy atom. The van der Waals surface area contributed by atoms with Crippen molar-refractivity contribution in [2.24, 2.45) is 0 Å². The Morgan fingerprint density at radius 2 is 1.76 bits per heavy atom. The molecule has 0 aliphatic carbocycles. The molecule has 0 fully saturated rings. The van der Waals surface area contributed by atoms with E-state index in [0.717, 1.165) is 11.8 Å². The van der Waals surface area contributed by atoms with Crippen molar-refractivity contribution in [2.45, 2.75) is 37.5 Å². The van der Waals surface area contributed by atoms with Crippen LogP contribution in [0.15, 0.2) is 59.5 Å². The number of carboxylic acids is 1. The van der Waals surface area contributed by atoms with Crippen molar-refractivity contribution in [1.29, 1.82) is 0 Å². The molecule has 0 atom stereocenters. The van der Waals surface area contributed by atoms with E-state index in [9.17, 15) is 17.6 Å². The SMILES string of the molecule is CC(C)(C)c1cc2c(NS(=O)(=O)c3ccc(Cl)cc3Cl)c(Oc3ccc(CC(=O)O)cc3F)ccc2[nH]1. The molecule has 0 radical (unpaired) electrons. The van der Waals surface area contributed by atoms with E-state index in [1.54, 1.807) is 12.1 Å². The Morgan fingerprint density at radius 1 is 1.05 bits per heavy atom. The zero-order valence-electron chi connectivity index (χ0n) is 20.0. The average molecular weight is 565 g/mol. The Balaban J connectivity index is 1.84. The number of hydrogen-bond acceptors (Lipinski definition) is 4. The molecule has 7 nitrogen and oxygen atoms in total. The third kappa shape index (κ3) is 5.84. The van der Waals surface area contributed by atoms with Crippen LogP contribution < -0.4 is 9.46 Å². The Kier molecular flexibility index (Phi) is 7.16. The summed E-state index contributed by atoms with van der Waals surface area (Å²) in [6, 6.07) is 12.8. The number of carbonyl (C=O) groups is 1. The molecule has 1 heterocycles. The van der Waals surface area contributed by atoms with E-state index in [1.807, 2.05) is 20.8 Å². The van der Waals surface area contributed by atoms with Gasteiger partial charge in [0.2, 0.25) is 0 Å². The van der Waals surface area contributed by atoms with Gasteiger partial charge in [0.25, 0.3) is 10.0 Å². The van der Waals surface area contributed by atoms with Gasteiger partial charge in [-0.25, -0.2) is 12.8 Å². The molecular weight excluding hydrogens is 542 g/mol. The number of ether oxygens (including phenoxy) is 1. The normalized spacial score (nSPS) is 12.1. The van der Waals surface area contributed by atoms with Gasteiger partial charge in [-0.05, 0) is 54.1 Å². The van der Waals surface area contributed by atoms with E-state index in [4.69, 9.17) is 33.0 Å². The second-order valence-corrected chi connectivity index (χ2v) is 11.9. The molecule has 0 bridgehead atoms. The summed E-state index contributed by atoms with van der Waals surface area (Å²) in [7, 11) is -4.22. The molecule has 0 aliphatic heterocycles. The van der Waals surface area contributed by atoms with Gasteiger partial charge in [0, 0.05) is 27.0 Å². The van der Waals surface area contributed by atoms with Crippen LogP contribution in [0.4, 0.5) is 10.1 Å². The maximum absolute atomic E-state index is 14.8. The summed E-state index contributed by atoms with van der Waals surface area (Å²) in [5, 5.41) is 9.66. The first-order chi connectivity index (χ1) is 17.2. The van der Waals surface area contributed by atoms with Crippen molar-refractivity contribution in [2.75, 3.05) is 4.72 Å². The minimum absolute atomic E-state index is 0.0329. The zero-order valence-corrected chi connectivity index (χ0v) is 22.4. The molecule has 0 saturated heterocycles. The fourth-order valence-electron chi connectivity index (χ4n) is 3.69. The van der Waals surface area contributed by atoms with E-state index in [1.165, 1.54) is 36.4 Å². The van der Waals surface area contributed by atoms with Crippen molar-refractivity contribution >= 4 is 55.8 Å². The van der Waals surface area contributed by atoms with E-state index in [-0.39, 0.29) is 49.5 Å². The first-order valence-corrected chi connectivity index (χ1v) is 13.3. The van der Waals surface area contributed by atoms with Crippen molar-refractivity contribution in [3.8, 4) is 11.5 Å². The molecular formula is C26H23Cl2FN2O5S. The van der Waals surface area contributed by atoms with Gasteiger partial charge in [0.15, 0.2) is 17.3 Å². The summed E-state index contributed by atoms with van der Waals surface area (Å²) < 4.78 is 49.9. The number of rotatable bonds is 7. The lowest BCUT2D eigenvalue weighted by Gasteiger charge is -2.16.